The minimum absolute atomic E-state index is 0.202. The van der Waals surface area contributed by atoms with Crippen molar-refractivity contribution in [2.24, 2.45) is 0 Å². The molecule has 2 atom stereocenters. The van der Waals surface area contributed by atoms with Crippen molar-refractivity contribution in [3.63, 3.8) is 0 Å². The second kappa shape index (κ2) is 5.28. The van der Waals surface area contributed by atoms with Gasteiger partial charge >= 0.3 is 0 Å². The smallest absolute Gasteiger partial charge is 0.137 e. The summed E-state index contributed by atoms with van der Waals surface area (Å²) in [4.78, 5) is 8.63. The fraction of sp³-hybridized carbons (Fsp3) is 0.267. The van der Waals surface area contributed by atoms with Crippen molar-refractivity contribution in [3.8, 4) is 0 Å². The Labute approximate surface area is 117 Å². The zero-order valence-corrected chi connectivity index (χ0v) is 11.6. The molecule has 0 aliphatic rings. The molecule has 1 aromatic carbocycles. The zero-order chi connectivity index (χ0) is 13.9. The number of benzene rings is 1. The summed E-state index contributed by atoms with van der Waals surface area (Å²) in [5.74, 6) is 0.863. The van der Waals surface area contributed by atoms with E-state index in [4.69, 9.17) is 0 Å². The van der Waals surface area contributed by atoms with Crippen LogP contribution < -0.4 is 5.32 Å². The number of nitrogens with one attached hydrogen (secondary N) is 1. The molecule has 20 heavy (non-hydrogen) atoms. The quantitative estimate of drug-likeness (QED) is 0.789. The van der Waals surface area contributed by atoms with Gasteiger partial charge in [0.15, 0.2) is 0 Å². The molecule has 0 amide bonds. The van der Waals surface area contributed by atoms with E-state index in [1.807, 2.05) is 41.2 Å². The highest BCUT2D eigenvalue weighted by atomic mass is 15.3. The molecule has 2 heterocycles. The van der Waals surface area contributed by atoms with E-state index >= 15 is 0 Å². The van der Waals surface area contributed by atoms with E-state index in [1.165, 1.54) is 0 Å². The molecule has 0 saturated carbocycles. The minimum atomic E-state index is 0.202. The molecular formula is C15H17N5. The summed E-state index contributed by atoms with van der Waals surface area (Å²) in [6.07, 6.45) is 5.36. The summed E-state index contributed by atoms with van der Waals surface area (Å²) in [7, 11) is 0. The first-order valence-corrected chi connectivity index (χ1v) is 6.71. The second-order valence-electron chi connectivity index (χ2n) is 4.90. The normalized spacial score (nSPS) is 14.1. The van der Waals surface area contributed by atoms with Crippen LogP contribution >= 0.6 is 0 Å². The predicted molar refractivity (Wildman–Crippen MR) is 79.6 cm³/mol. The molecule has 3 aromatic rings. The first kappa shape index (κ1) is 12.6. The number of hydrogen-bond acceptors (Lipinski definition) is 4. The maximum absolute atomic E-state index is 4.36. The molecule has 102 valence electrons. The van der Waals surface area contributed by atoms with E-state index in [0.717, 1.165) is 16.7 Å². The van der Waals surface area contributed by atoms with E-state index in [2.05, 4.69) is 34.2 Å². The molecule has 0 saturated heterocycles. The molecule has 5 nitrogen and oxygen atoms in total. The van der Waals surface area contributed by atoms with Gasteiger partial charge in [0.25, 0.3) is 0 Å². The van der Waals surface area contributed by atoms with Crippen LogP contribution in [0, 0.1) is 0 Å². The van der Waals surface area contributed by atoms with Gasteiger partial charge in [0.1, 0.15) is 12.1 Å². The molecular weight excluding hydrogens is 250 g/mol. The van der Waals surface area contributed by atoms with Crippen molar-refractivity contribution < 1.29 is 0 Å². The van der Waals surface area contributed by atoms with E-state index < -0.39 is 0 Å². The second-order valence-corrected chi connectivity index (χ2v) is 4.90. The minimum Gasteiger partial charge on any atom is -0.365 e. The third kappa shape index (κ3) is 2.34. The van der Waals surface area contributed by atoms with E-state index in [0.29, 0.717) is 0 Å². The molecule has 0 unspecified atom stereocenters. The lowest BCUT2D eigenvalue weighted by atomic mass is 10.1. The van der Waals surface area contributed by atoms with Crippen LogP contribution in [0.25, 0.3) is 10.9 Å². The van der Waals surface area contributed by atoms with Crippen molar-refractivity contribution in [3.05, 3.63) is 49.1 Å². The molecule has 2 aromatic heterocycles. The molecule has 5 heteroatoms. The van der Waals surface area contributed by atoms with Crippen LogP contribution in [-0.2, 0) is 0 Å². The Kier molecular flexibility index (Phi) is 3.33. The number of rotatable bonds is 4. The van der Waals surface area contributed by atoms with Crippen molar-refractivity contribution >= 4 is 16.7 Å². The van der Waals surface area contributed by atoms with Crippen molar-refractivity contribution in [2.75, 3.05) is 5.32 Å². The molecule has 0 aliphatic carbocycles. The van der Waals surface area contributed by atoms with Gasteiger partial charge in [0.2, 0.25) is 0 Å². The highest BCUT2D eigenvalue weighted by molar-refractivity contribution is 5.88. The summed E-state index contributed by atoms with van der Waals surface area (Å²) in [5.41, 5.74) is 0.948. The van der Waals surface area contributed by atoms with Crippen molar-refractivity contribution in [1.82, 2.24) is 19.7 Å². The van der Waals surface area contributed by atoms with Gasteiger partial charge in [0.05, 0.1) is 11.6 Å². The van der Waals surface area contributed by atoms with Crippen molar-refractivity contribution in [2.45, 2.75) is 25.9 Å². The molecule has 0 fully saturated rings. The standard InChI is InChI=1S/C15H17N5/c1-11(12(2)20-9-5-8-18-20)19-15-13-6-3-4-7-14(13)16-10-17-15/h3-12H,1-2H3,(H,16,17,19)/t11-,12-/m1/s1. The number of anilines is 1. The van der Waals surface area contributed by atoms with Gasteiger partial charge in [-0.05, 0) is 32.0 Å². The maximum Gasteiger partial charge on any atom is 0.137 e. The van der Waals surface area contributed by atoms with Crippen LogP contribution in [0.5, 0.6) is 0 Å². The summed E-state index contributed by atoms with van der Waals surface area (Å²) >= 11 is 0. The van der Waals surface area contributed by atoms with Gasteiger partial charge in [-0.15, -0.1) is 0 Å². The Balaban J connectivity index is 1.86. The van der Waals surface area contributed by atoms with Gasteiger partial charge in [-0.2, -0.15) is 5.10 Å². The SMILES string of the molecule is C[C@H]([C@@H](C)Nc1ncnc2ccccc12)n1cccn1. The lowest BCUT2D eigenvalue weighted by molar-refractivity contribution is 0.443. The number of hydrogen-bond donors (Lipinski definition) is 1. The lowest BCUT2D eigenvalue weighted by Gasteiger charge is -2.22. The Hall–Kier alpha value is -2.43. The van der Waals surface area contributed by atoms with Crippen LogP contribution in [0.3, 0.4) is 0 Å². The van der Waals surface area contributed by atoms with Crippen LogP contribution in [-0.4, -0.2) is 25.8 Å². The third-order valence-electron chi connectivity index (χ3n) is 3.57. The topological polar surface area (TPSA) is 55.6 Å². The van der Waals surface area contributed by atoms with E-state index in [9.17, 15) is 0 Å². The van der Waals surface area contributed by atoms with Gasteiger partial charge < -0.3 is 5.32 Å². The Morgan fingerprint density at radius 1 is 1.10 bits per heavy atom. The predicted octanol–water partition coefficient (Wildman–Crippen LogP) is 2.89. The monoisotopic (exact) mass is 267 g/mol. The third-order valence-corrected chi connectivity index (χ3v) is 3.57. The van der Waals surface area contributed by atoms with Gasteiger partial charge in [-0.3, -0.25) is 4.68 Å². The molecule has 0 bridgehead atoms. The molecule has 0 radical (unpaired) electrons. The van der Waals surface area contributed by atoms with Gasteiger partial charge in [-0.1, -0.05) is 12.1 Å². The molecule has 1 N–H and O–H groups in total. The summed E-state index contributed by atoms with van der Waals surface area (Å²) in [6.45, 7) is 4.26. The average Bonchev–Trinajstić information content (AvgIpc) is 3.01. The van der Waals surface area contributed by atoms with Gasteiger partial charge in [0, 0.05) is 23.8 Å². The summed E-state index contributed by atoms with van der Waals surface area (Å²) in [6, 6.07) is 10.4. The van der Waals surface area contributed by atoms with Crippen LogP contribution in [0.2, 0.25) is 0 Å². The molecule has 3 rings (SSSR count). The Bertz CT molecular complexity index is 687. The molecule has 0 aliphatic heterocycles. The molecule has 0 spiro atoms. The number of fused-ring (bicyclic) bond motifs is 1. The summed E-state index contributed by atoms with van der Waals surface area (Å²) in [5, 5.41) is 8.78. The number of para-hydroxylation sites is 1. The average molecular weight is 267 g/mol. The first-order valence-electron chi connectivity index (χ1n) is 6.71. The number of nitrogens with zero attached hydrogens (tertiary/aromatic N) is 4. The fourth-order valence-electron chi connectivity index (χ4n) is 2.21. The van der Waals surface area contributed by atoms with Crippen LogP contribution in [0.15, 0.2) is 49.1 Å². The van der Waals surface area contributed by atoms with Crippen molar-refractivity contribution in [1.29, 1.82) is 0 Å². The van der Waals surface area contributed by atoms with E-state index in [1.54, 1.807) is 12.5 Å². The van der Waals surface area contributed by atoms with Crippen LogP contribution in [0.4, 0.5) is 5.82 Å². The zero-order valence-electron chi connectivity index (χ0n) is 11.6. The van der Waals surface area contributed by atoms with Crippen LogP contribution in [0.1, 0.15) is 19.9 Å². The highest BCUT2D eigenvalue weighted by Crippen LogP contribution is 2.21. The first-order chi connectivity index (χ1) is 9.75. The summed E-state index contributed by atoms with van der Waals surface area (Å²) < 4.78 is 1.95. The van der Waals surface area contributed by atoms with Gasteiger partial charge in [-0.25, -0.2) is 9.97 Å². The lowest BCUT2D eigenvalue weighted by Crippen LogP contribution is -2.27. The fourth-order valence-corrected chi connectivity index (χ4v) is 2.21. The Morgan fingerprint density at radius 3 is 2.75 bits per heavy atom. The Morgan fingerprint density at radius 2 is 1.95 bits per heavy atom. The number of aromatic nitrogens is 4. The highest BCUT2D eigenvalue weighted by Gasteiger charge is 2.15. The largest absolute Gasteiger partial charge is 0.365 e. The van der Waals surface area contributed by atoms with E-state index in [-0.39, 0.29) is 12.1 Å². The maximum atomic E-state index is 4.36.